The zero-order valence-corrected chi connectivity index (χ0v) is 14.5. The van der Waals surface area contributed by atoms with Crippen LogP contribution in [0.2, 0.25) is 0 Å². The number of Topliss-reactive ketones (excluding diaryl/α,β-unsaturated/α-hetero) is 2. The maximum absolute atomic E-state index is 13.2. The van der Waals surface area contributed by atoms with Crippen LogP contribution in [0.4, 0.5) is 0 Å². The van der Waals surface area contributed by atoms with E-state index in [0.717, 1.165) is 0 Å². The molecule has 0 unspecified atom stereocenters. The van der Waals surface area contributed by atoms with E-state index in [-0.39, 0.29) is 0 Å². The summed E-state index contributed by atoms with van der Waals surface area (Å²) in [7, 11) is 0. The monoisotopic (exact) mass is 360 g/mol. The lowest BCUT2D eigenvalue weighted by molar-refractivity contribution is -0.484. The second-order valence-corrected chi connectivity index (χ2v) is 6.28. The topological polar surface area (TPSA) is 77.3 Å². The van der Waals surface area contributed by atoms with E-state index in [2.05, 4.69) is 0 Å². The molecule has 0 radical (unpaired) electrons. The Balaban J connectivity index is 2.09. The van der Waals surface area contributed by atoms with Crippen molar-refractivity contribution in [2.75, 3.05) is 6.54 Å². The van der Waals surface area contributed by atoms with Gasteiger partial charge in [-0.25, -0.2) is 12.1 Å². The van der Waals surface area contributed by atoms with E-state index in [9.17, 15) is 19.7 Å². The fourth-order valence-electron chi connectivity index (χ4n) is 3.25. The highest BCUT2D eigenvalue weighted by molar-refractivity contribution is 6.16. The molecule has 0 aliphatic rings. The highest BCUT2D eigenvalue weighted by Crippen LogP contribution is 2.31. The van der Waals surface area contributed by atoms with Gasteiger partial charge in [-0.3, -0.25) is 19.7 Å². The molecule has 5 nitrogen and oxygen atoms in total. The molecule has 0 amide bonds. The van der Waals surface area contributed by atoms with Crippen LogP contribution in [0.25, 0.3) is 0 Å². The average Bonchev–Trinajstić information content (AvgIpc) is 3.23. The minimum absolute atomic E-state index is 0.367. The van der Waals surface area contributed by atoms with Gasteiger partial charge in [-0.1, -0.05) is 60.7 Å². The number of hydrogen-bond acceptors (Lipinski definition) is 4. The molecule has 3 aromatic carbocycles. The Morgan fingerprint density at radius 2 is 1.37 bits per heavy atom. The van der Waals surface area contributed by atoms with Gasteiger partial charge in [0.15, 0.2) is 11.6 Å². The Kier molecular flexibility index (Phi) is 5.61. The predicted octanol–water partition coefficient (Wildman–Crippen LogP) is 4.15. The lowest BCUT2D eigenvalue weighted by Gasteiger charge is -2.24. The Morgan fingerprint density at radius 3 is 1.78 bits per heavy atom. The zero-order valence-electron chi connectivity index (χ0n) is 14.5. The molecule has 5 heteroatoms. The third kappa shape index (κ3) is 4.20. The Morgan fingerprint density at radius 1 is 0.852 bits per heavy atom. The summed E-state index contributed by atoms with van der Waals surface area (Å²) in [6.45, 7) is -0.494. The van der Waals surface area contributed by atoms with Gasteiger partial charge in [0, 0.05) is 22.0 Å². The van der Waals surface area contributed by atoms with Crippen molar-refractivity contribution >= 4 is 11.6 Å². The molecule has 0 N–H and O–H groups in total. The van der Waals surface area contributed by atoms with Gasteiger partial charge in [-0.15, -0.1) is 0 Å². The molecule has 3 aromatic rings. The van der Waals surface area contributed by atoms with E-state index in [1.807, 2.05) is 0 Å². The smallest absolute Gasteiger partial charge is 0.209 e. The van der Waals surface area contributed by atoms with E-state index in [0.29, 0.717) is 16.7 Å². The second-order valence-electron chi connectivity index (χ2n) is 6.28. The largest absolute Gasteiger partial charge is 0.293 e. The first-order chi connectivity index (χ1) is 13.1. The van der Waals surface area contributed by atoms with Crippen LogP contribution in [0.1, 0.15) is 32.2 Å². The minimum atomic E-state index is -1.16. The predicted molar refractivity (Wildman–Crippen MR) is 102 cm³/mol. The number of ketones is 2. The molecule has 0 aliphatic carbocycles. The summed E-state index contributed by atoms with van der Waals surface area (Å²) < 4.78 is 0. The maximum Gasteiger partial charge on any atom is 0.209 e. The molecule has 0 saturated carbocycles. The van der Waals surface area contributed by atoms with Crippen molar-refractivity contribution in [3.8, 4) is 0 Å². The minimum Gasteiger partial charge on any atom is -0.293 e. The summed E-state index contributed by atoms with van der Waals surface area (Å²) in [5, 5.41) is 11.3. The summed E-state index contributed by atoms with van der Waals surface area (Å²) in [5.74, 6) is -2.81. The highest BCUT2D eigenvalue weighted by atomic mass is 16.6. The molecule has 0 bridgehead atoms. The lowest BCUT2D eigenvalue weighted by atomic mass is 9.77. The summed E-state index contributed by atoms with van der Waals surface area (Å²) in [6, 6.07) is 23.8. The summed E-state index contributed by atoms with van der Waals surface area (Å²) >= 11 is 0. The van der Waals surface area contributed by atoms with Gasteiger partial charge in [0.05, 0.1) is 5.92 Å². The van der Waals surface area contributed by atoms with Crippen LogP contribution >= 0.6 is 0 Å². The quantitative estimate of drug-likeness (QED) is 0.199. The van der Waals surface area contributed by atoms with Gasteiger partial charge >= 0.3 is 0 Å². The van der Waals surface area contributed by atoms with Gasteiger partial charge in [-0.2, -0.15) is 17.7 Å². The number of hydrogen-bond donors (Lipinski definition) is 0. The summed E-state index contributed by atoms with van der Waals surface area (Å²) in [5.41, 5.74) is 1.35. The fourth-order valence-corrected chi connectivity index (χ4v) is 3.25. The van der Waals surface area contributed by atoms with E-state index < -0.39 is 34.9 Å². The molecule has 136 valence electrons. The van der Waals surface area contributed by atoms with E-state index in [1.165, 1.54) is 0 Å². The molecule has 0 aliphatic heterocycles. The van der Waals surface area contributed by atoms with Crippen LogP contribution in [0, 0.1) is 16.0 Å². The van der Waals surface area contributed by atoms with Crippen molar-refractivity contribution in [3.05, 3.63) is 112 Å². The second kappa shape index (κ2) is 8.27. The van der Waals surface area contributed by atoms with Crippen LogP contribution in [-0.4, -0.2) is 23.0 Å². The molecular formula is C22H18NO4-. The summed E-state index contributed by atoms with van der Waals surface area (Å²) in [6.07, 6.45) is 0. The van der Waals surface area contributed by atoms with Crippen molar-refractivity contribution in [2.45, 2.75) is 5.92 Å². The van der Waals surface area contributed by atoms with Gasteiger partial charge < -0.3 is 0 Å². The maximum atomic E-state index is 13.2. The normalized spacial score (nSPS) is 11.9. The zero-order chi connectivity index (χ0) is 19.2. The van der Waals surface area contributed by atoms with Crippen molar-refractivity contribution in [1.82, 2.24) is 0 Å². The molecule has 1 atom stereocenters. The molecule has 27 heavy (non-hydrogen) atoms. The SMILES string of the molecule is O=C(c1ccccc1)C(C(=O)c1ccccc1)[C@@H](C[N+](=O)[O-])c1ccc[cH-]1. The average molecular weight is 360 g/mol. The van der Waals surface area contributed by atoms with Crippen molar-refractivity contribution < 1.29 is 14.5 Å². The van der Waals surface area contributed by atoms with Gasteiger partial charge in [0.2, 0.25) is 6.54 Å². The van der Waals surface area contributed by atoms with Gasteiger partial charge in [-0.05, 0) is 0 Å². The first-order valence-electron chi connectivity index (χ1n) is 8.60. The molecule has 3 rings (SSSR count). The number of rotatable bonds is 8. The number of carbonyl (C=O) groups is 2. The number of benzene rings is 2. The lowest BCUT2D eigenvalue weighted by Crippen LogP contribution is -2.34. The number of nitrogens with zero attached hydrogens (tertiary/aromatic N) is 1. The standard InChI is InChI=1S/C22H18NO4/c24-21(17-11-3-1-4-12-17)20(22(25)18-13-5-2-6-14-18)19(15-23(26)27)16-9-7-8-10-16/h1-14,19-20H,15H2/q-1/t19-/m0/s1. The Hall–Kier alpha value is -3.47. The van der Waals surface area contributed by atoms with E-state index in [1.54, 1.807) is 84.9 Å². The van der Waals surface area contributed by atoms with Gasteiger partial charge in [0.1, 0.15) is 0 Å². The van der Waals surface area contributed by atoms with Crippen LogP contribution in [0.15, 0.2) is 84.9 Å². The fraction of sp³-hybridized carbons (Fsp3) is 0.136. The molecule has 0 heterocycles. The van der Waals surface area contributed by atoms with Crippen molar-refractivity contribution in [1.29, 1.82) is 0 Å². The Labute approximate surface area is 156 Å². The van der Waals surface area contributed by atoms with Crippen molar-refractivity contribution in [2.24, 2.45) is 5.92 Å². The molecule has 0 spiro atoms. The highest BCUT2D eigenvalue weighted by Gasteiger charge is 2.38. The third-order valence-electron chi connectivity index (χ3n) is 4.55. The van der Waals surface area contributed by atoms with E-state index in [4.69, 9.17) is 0 Å². The van der Waals surface area contributed by atoms with Crippen LogP contribution in [0.3, 0.4) is 0 Å². The molecule has 0 aromatic heterocycles. The van der Waals surface area contributed by atoms with Crippen LogP contribution in [-0.2, 0) is 0 Å². The van der Waals surface area contributed by atoms with Crippen molar-refractivity contribution in [3.63, 3.8) is 0 Å². The van der Waals surface area contributed by atoms with Crippen LogP contribution < -0.4 is 0 Å². The molecular weight excluding hydrogens is 342 g/mol. The first kappa shape index (κ1) is 18.3. The Bertz CT molecular complexity index is 866. The number of nitro groups is 1. The molecule has 0 fully saturated rings. The van der Waals surface area contributed by atoms with Crippen LogP contribution in [0.5, 0.6) is 0 Å². The van der Waals surface area contributed by atoms with Gasteiger partial charge in [0.25, 0.3) is 0 Å². The summed E-state index contributed by atoms with van der Waals surface area (Å²) in [4.78, 5) is 37.3. The number of carbonyl (C=O) groups excluding carboxylic acids is 2. The first-order valence-corrected chi connectivity index (χ1v) is 8.60. The molecule has 0 saturated heterocycles. The third-order valence-corrected chi connectivity index (χ3v) is 4.55. The van der Waals surface area contributed by atoms with E-state index >= 15 is 0 Å².